The minimum atomic E-state index is -2.01. The SMILES string of the molecule is CCC1O[C@H](O[C@H]2OC(CO)[C@@H](F)[C@H](O)C2O)[C@H](O)C(O)[C@@H]1O.CCC1O[C@H](O[C@H]2OC(CO)[C@@H](O)CC2O)[C@H](O)C(O)[C@@H]1O.CCC1O[C@H](O[C@H]2OC(CO)[C@@H](O)CC2O)[C@H](O)C(O)[C@@H]1O.CCC1O[C@H](O[C@H]2OC(CO)[C@@H](O)[C@H](N=[N+]=[N-])C2O)[C@H](O)C(O)[C@@H]1O.CCC1O[C@H](O[C@H]2OC(CO)[C@@H](O)[C@H](O)C2O)[C@H](O)C(O)[C@@H]1O. The number of aliphatic hydroxyl groups is 31. The Hall–Kier alpha value is -2.60. The Balaban J connectivity index is 0.000000224. The van der Waals surface area contributed by atoms with Crippen molar-refractivity contribution in [1.82, 2.24) is 0 Å². The molecule has 0 spiro atoms. The van der Waals surface area contributed by atoms with Crippen molar-refractivity contribution in [2.75, 3.05) is 33.0 Å². The van der Waals surface area contributed by atoms with E-state index in [0.717, 1.165) is 0 Å². The summed E-state index contributed by atoms with van der Waals surface area (Å²) >= 11 is 0. The third-order valence-electron chi connectivity index (χ3n) is 20.8. The van der Waals surface area contributed by atoms with Crippen LogP contribution in [0.4, 0.5) is 4.39 Å². The van der Waals surface area contributed by atoms with Gasteiger partial charge in [0.25, 0.3) is 0 Å². The molecule has 10 saturated heterocycles. The van der Waals surface area contributed by atoms with Gasteiger partial charge in [0, 0.05) is 17.8 Å². The zero-order valence-electron chi connectivity index (χ0n) is 62.9. The van der Waals surface area contributed by atoms with E-state index in [4.69, 9.17) is 97.0 Å². The summed E-state index contributed by atoms with van der Waals surface area (Å²) in [4.78, 5) is 2.53. The molecule has 10 rings (SSSR count). The molecule has 10 aliphatic rings. The molecule has 0 aromatic heterocycles. The number of aliphatic hydroxyl groups excluding tert-OH is 31. The molecule has 50 heteroatoms. The lowest BCUT2D eigenvalue weighted by Gasteiger charge is -2.45. The lowest BCUT2D eigenvalue weighted by Crippen LogP contribution is -2.63. The van der Waals surface area contributed by atoms with E-state index in [1.165, 1.54) is 0 Å². The van der Waals surface area contributed by atoms with Gasteiger partial charge in [0.05, 0.1) is 87.9 Å². The number of ether oxygens (including phenoxy) is 15. The zero-order valence-corrected chi connectivity index (χ0v) is 62.9. The Morgan fingerprint density at radius 3 is 0.696 bits per heavy atom. The second-order valence-electron chi connectivity index (χ2n) is 28.7. The van der Waals surface area contributed by atoms with E-state index >= 15 is 0 Å². The highest BCUT2D eigenvalue weighted by Gasteiger charge is 2.56. The average Bonchev–Trinajstić information content (AvgIpc) is 0.817. The van der Waals surface area contributed by atoms with Crippen molar-refractivity contribution < 1.29 is 234 Å². The van der Waals surface area contributed by atoms with E-state index in [2.05, 4.69) is 10.0 Å². The molecule has 0 aliphatic carbocycles. The van der Waals surface area contributed by atoms with Crippen molar-refractivity contribution in [1.29, 1.82) is 0 Å². The molecular formula is C65H118FN3O46. The molecule has 0 aromatic carbocycles. The van der Waals surface area contributed by atoms with Crippen molar-refractivity contribution in [3.05, 3.63) is 10.4 Å². The molecule has 20 unspecified atom stereocenters. The van der Waals surface area contributed by atoms with E-state index < -0.39 is 328 Å². The van der Waals surface area contributed by atoms with Crippen LogP contribution in [0.3, 0.4) is 0 Å². The Bertz CT molecular complexity index is 2590. The van der Waals surface area contributed by atoms with E-state index in [1.807, 2.05) is 0 Å². The number of azide groups is 1. The normalized spacial score (nSPS) is 50.2. The van der Waals surface area contributed by atoms with Gasteiger partial charge in [-0.2, -0.15) is 0 Å². The highest BCUT2D eigenvalue weighted by atomic mass is 19.1. The molecule has 0 radical (unpaired) electrons. The Kier molecular flexibility index (Phi) is 41.2. The molecule has 48 atom stereocenters. The Morgan fingerprint density at radius 2 is 0.452 bits per heavy atom. The van der Waals surface area contributed by atoms with Crippen LogP contribution in [0, 0.1) is 0 Å². The quantitative estimate of drug-likeness (QED) is 0.0288. The topological polar surface area (TPSA) is 814 Å². The summed E-state index contributed by atoms with van der Waals surface area (Å²) in [7, 11) is 0. The van der Waals surface area contributed by atoms with Crippen molar-refractivity contribution in [3.63, 3.8) is 0 Å². The molecule has 115 heavy (non-hydrogen) atoms. The smallest absolute Gasteiger partial charge is 0.189 e. The van der Waals surface area contributed by atoms with Gasteiger partial charge < -0.3 is 229 Å². The average molecular weight is 1700 g/mol. The van der Waals surface area contributed by atoms with Gasteiger partial charge in [-0.15, -0.1) is 0 Å². The number of halogens is 1. The summed E-state index contributed by atoms with van der Waals surface area (Å²) in [5.41, 5.74) is 8.56. The first kappa shape index (κ1) is 101. The summed E-state index contributed by atoms with van der Waals surface area (Å²) < 4.78 is 92.8. The van der Waals surface area contributed by atoms with Gasteiger partial charge in [-0.1, -0.05) is 39.7 Å². The maximum absolute atomic E-state index is 13.6. The van der Waals surface area contributed by atoms with E-state index in [9.17, 15) is 142 Å². The van der Waals surface area contributed by atoms with Crippen LogP contribution in [0.25, 0.3) is 10.4 Å². The van der Waals surface area contributed by atoms with Crippen LogP contribution >= 0.6 is 0 Å². The third kappa shape index (κ3) is 24.7. The molecule has 0 aromatic rings. The van der Waals surface area contributed by atoms with Crippen LogP contribution in [0.15, 0.2) is 5.11 Å². The predicted molar refractivity (Wildman–Crippen MR) is 362 cm³/mol. The molecule has 49 nitrogen and oxygen atoms in total. The molecule has 10 aliphatic heterocycles. The van der Waals surface area contributed by atoms with E-state index in [-0.39, 0.29) is 12.8 Å². The first-order valence-corrected chi connectivity index (χ1v) is 37.5. The van der Waals surface area contributed by atoms with Gasteiger partial charge >= 0.3 is 0 Å². The summed E-state index contributed by atoms with van der Waals surface area (Å²) in [6.07, 6.45) is -61.9. The van der Waals surface area contributed by atoms with Crippen LogP contribution in [-0.4, -0.2) is 486 Å². The molecule has 10 heterocycles. The standard InChI is InChI=1S/C13H23FO9.C13H23N3O9.C13H24O10.2C13H24O9/c1-2-4-7(16)9(18)11(20)13(21-4)23-12-10(19)8(17)6(14)5(3-15)22-12;1-2-4-8(19)10(21)11(22)13(23-4)25-12-9(20)6(15-16-14)7(18)5(3-17)24-12;1-2-4-6(15)8(17)10(19)12(21-4)23-13-11(20)9(18)7(16)5(3-14)22-13;2*1-2-7-9(17)10(18)11(19)13(20-7)22-12-6(16)3-5(15)8(4-14)21-12/h4-13,15-20H,2-3H2,1H3;4-13,17-22H,2-3H2,1H3;4-20H,2-3H2,1H3;2*5-19H,2-4H2,1H3/t4?,5?,6-,7-,8+,9?,10?,11-,12-,13-;4?,5?,6-,7+,8+,9?,10?,11+,12+,13+;4?,5?,6-,7-,8?,9+,10-,11?,12-,13-;2*5-,6?,7?,8?,9+,10?,11+,12+,13+/m10100/s1. The van der Waals surface area contributed by atoms with Gasteiger partial charge in [-0.05, 0) is 37.6 Å². The summed E-state index contributed by atoms with van der Waals surface area (Å²) in [5, 5.41) is 304. The van der Waals surface area contributed by atoms with E-state index in [0.29, 0.717) is 32.1 Å². The maximum atomic E-state index is 13.6. The zero-order chi connectivity index (χ0) is 86.2. The van der Waals surface area contributed by atoms with Crippen molar-refractivity contribution >= 4 is 0 Å². The second kappa shape index (κ2) is 46.8. The Labute approximate surface area is 655 Å². The molecule has 0 bridgehead atoms. The number of hydrogen-bond acceptors (Lipinski definition) is 47. The minimum Gasteiger partial charge on any atom is -0.394 e. The predicted octanol–water partition coefficient (Wildman–Crippen LogP) is -15.5. The summed E-state index contributed by atoms with van der Waals surface area (Å²) in [5.74, 6) is 0. The largest absolute Gasteiger partial charge is 0.394 e. The lowest BCUT2D eigenvalue weighted by molar-refractivity contribution is -0.375. The highest BCUT2D eigenvalue weighted by Crippen LogP contribution is 2.36. The molecule has 676 valence electrons. The number of rotatable bonds is 21. The summed E-state index contributed by atoms with van der Waals surface area (Å²) in [6, 6.07) is -1.36. The first-order chi connectivity index (χ1) is 54.2. The molecular weight excluding hydrogens is 1580 g/mol. The Morgan fingerprint density at radius 1 is 0.252 bits per heavy atom. The van der Waals surface area contributed by atoms with Gasteiger partial charge in [0.2, 0.25) is 0 Å². The fourth-order valence-electron chi connectivity index (χ4n) is 13.5. The number of hydrogen-bond donors (Lipinski definition) is 31. The molecule has 0 amide bonds. The van der Waals surface area contributed by atoms with Gasteiger partial charge in [0.1, 0.15) is 171 Å². The van der Waals surface area contributed by atoms with Crippen LogP contribution in [0.5, 0.6) is 0 Å². The van der Waals surface area contributed by atoms with Crippen LogP contribution in [0.1, 0.15) is 79.6 Å². The molecule has 10 fully saturated rings. The second-order valence-corrected chi connectivity index (χ2v) is 28.7. The van der Waals surface area contributed by atoms with Crippen LogP contribution < -0.4 is 0 Å². The first-order valence-electron chi connectivity index (χ1n) is 37.5. The van der Waals surface area contributed by atoms with Crippen molar-refractivity contribution in [3.8, 4) is 0 Å². The summed E-state index contributed by atoms with van der Waals surface area (Å²) in [6.45, 7) is 5.61. The minimum absolute atomic E-state index is 0.0684. The number of nitrogens with zero attached hydrogens (tertiary/aromatic N) is 3. The monoisotopic (exact) mass is 1700 g/mol. The van der Waals surface area contributed by atoms with Crippen molar-refractivity contribution in [2.24, 2.45) is 5.11 Å². The van der Waals surface area contributed by atoms with Crippen LogP contribution in [-0.2, 0) is 71.1 Å². The fraction of sp³-hybridized carbons (Fsp3) is 1.00. The highest BCUT2D eigenvalue weighted by molar-refractivity contribution is 4.99. The van der Waals surface area contributed by atoms with Crippen molar-refractivity contribution in [2.45, 2.75) is 374 Å². The third-order valence-corrected chi connectivity index (χ3v) is 20.8. The van der Waals surface area contributed by atoms with Gasteiger partial charge in [0.15, 0.2) is 69.1 Å². The van der Waals surface area contributed by atoms with Gasteiger partial charge in [-0.25, -0.2) is 4.39 Å². The molecule has 0 saturated carbocycles. The maximum Gasteiger partial charge on any atom is 0.189 e. The molecule has 31 N–H and O–H groups in total. The van der Waals surface area contributed by atoms with E-state index in [1.54, 1.807) is 34.6 Å². The van der Waals surface area contributed by atoms with Crippen LogP contribution in [0.2, 0.25) is 0 Å². The lowest BCUT2D eigenvalue weighted by atomic mass is 9.96. The van der Waals surface area contributed by atoms with Gasteiger partial charge in [-0.3, -0.25) is 0 Å². The number of alkyl halides is 1. The fourth-order valence-corrected chi connectivity index (χ4v) is 13.5.